The molecule has 5 heteroatoms. The maximum absolute atomic E-state index is 11.1. The van der Waals surface area contributed by atoms with Crippen molar-refractivity contribution in [2.45, 2.75) is 13.0 Å². The van der Waals surface area contributed by atoms with Crippen molar-refractivity contribution in [3.63, 3.8) is 0 Å². The molecule has 72 valence electrons. The van der Waals surface area contributed by atoms with Crippen molar-refractivity contribution in [3.05, 3.63) is 0 Å². The Balaban J connectivity index is 4.10. The van der Waals surface area contributed by atoms with Crippen LogP contribution in [0.25, 0.3) is 0 Å². The summed E-state index contributed by atoms with van der Waals surface area (Å²) >= 11 is 0. The second kappa shape index (κ2) is 5.17. The van der Waals surface area contributed by atoms with Crippen LogP contribution in [0.5, 0.6) is 0 Å². The molecule has 0 heterocycles. The van der Waals surface area contributed by atoms with Crippen LogP contribution in [0, 0.1) is 12.3 Å². The van der Waals surface area contributed by atoms with Gasteiger partial charge in [0.1, 0.15) is 0 Å². The van der Waals surface area contributed by atoms with Crippen molar-refractivity contribution in [1.82, 2.24) is 10.2 Å². The van der Waals surface area contributed by atoms with Crippen molar-refractivity contribution in [3.8, 4) is 12.3 Å². The molecule has 0 aliphatic rings. The van der Waals surface area contributed by atoms with Crippen LogP contribution in [0.1, 0.15) is 6.92 Å². The molecule has 0 aliphatic heterocycles. The van der Waals surface area contributed by atoms with Gasteiger partial charge in [0.25, 0.3) is 0 Å². The van der Waals surface area contributed by atoms with Gasteiger partial charge in [0, 0.05) is 0 Å². The topological polar surface area (TPSA) is 75.4 Å². The Labute approximate surface area is 77.3 Å². The number of nitrogens with zero attached hydrogens (tertiary/aromatic N) is 1. The highest BCUT2D eigenvalue weighted by Crippen LogP contribution is 1.93. The molecule has 0 bridgehead atoms. The van der Waals surface area contributed by atoms with E-state index < -0.39 is 18.0 Å². The van der Waals surface area contributed by atoms with E-state index in [0.29, 0.717) is 6.54 Å². The van der Waals surface area contributed by atoms with Gasteiger partial charge in [-0.05, 0) is 14.0 Å². The van der Waals surface area contributed by atoms with E-state index in [9.17, 15) is 9.59 Å². The lowest BCUT2D eigenvalue weighted by Gasteiger charge is -2.20. The fraction of sp³-hybridized carbons (Fsp3) is 0.500. The first-order valence-electron chi connectivity index (χ1n) is 3.73. The van der Waals surface area contributed by atoms with Crippen LogP contribution in [0.3, 0.4) is 0 Å². The molecule has 0 aromatic rings. The molecule has 0 radical (unpaired) electrons. The molecule has 0 fully saturated rings. The fourth-order valence-corrected chi connectivity index (χ4v) is 0.707. The maximum Gasteiger partial charge on any atom is 0.318 e. The molecule has 1 atom stereocenters. The molecule has 1 unspecified atom stereocenters. The first kappa shape index (κ1) is 11.5. The number of primary amides is 1. The first-order valence-corrected chi connectivity index (χ1v) is 3.73. The zero-order chi connectivity index (χ0) is 10.4. The van der Waals surface area contributed by atoms with Crippen LogP contribution < -0.4 is 11.1 Å². The maximum atomic E-state index is 11.1. The van der Waals surface area contributed by atoms with E-state index in [4.69, 9.17) is 12.2 Å². The Kier molecular flexibility index (Phi) is 4.55. The lowest BCUT2D eigenvalue weighted by molar-refractivity contribution is -0.124. The Morgan fingerprint density at radius 2 is 2.23 bits per heavy atom. The second-order valence-electron chi connectivity index (χ2n) is 2.65. The van der Waals surface area contributed by atoms with E-state index in [2.05, 4.69) is 5.92 Å². The normalized spacial score (nSPS) is 11.8. The molecule has 0 aliphatic carbocycles. The summed E-state index contributed by atoms with van der Waals surface area (Å²) in [4.78, 5) is 23.1. The zero-order valence-corrected chi connectivity index (χ0v) is 7.70. The Bertz CT molecular complexity index is 244. The molecule has 3 amide bonds. The van der Waals surface area contributed by atoms with Crippen molar-refractivity contribution >= 4 is 11.9 Å². The number of carbonyl (C=O) groups excluding carboxylic acids is 2. The van der Waals surface area contributed by atoms with Gasteiger partial charge in [-0.15, -0.1) is 6.42 Å². The average Bonchev–Trinajstić information content (AvgIpc) is 2.02. The van der Waals surface area contributed by atoms with E-state index in [1.165, 1.54) is 0 Å². The number of hydrogen-bond acceptors (Lipinski definition) is 3. The molecule has 0 aromatic carbocycles. The molecule has 5 nitrogen and oxygen atoms in total. The van der Waals surface area contributed by atoms with Gasteiger partial charge in [-0.2, -0.15) is 0 Å². The molecular formula is C8H13N3O2. The average molecular weight is 183 g/mol. The summed E-state index contributed by atoms with van der Waals surface area (Å²) in [6, 6.07) is -1.32. The SMILES string of the molecule is C#CCN(C)C(C)C(=O)NC(N)=O. The molecule has 0 rings (SSSR count). The van der Waals surface area contributed by atoms with Crippen LogP contribution in [0.2, 0.25) is 0 Å². The van der Waals surface area contributed by atoms with E-state index in [0.717, 1.165) is 0 Å². The van der Waals surface area contributed by atoms with E-state index >= 15 is 0 Å². The van der Waals surface area contributed by atoms with Crippen LogP contribution in [0.4, 0.5) is 4.79 Å². The van der Waals surface area contributed by atoms with Gasteiger partial charge in [-0.3, -0.25) is 15.0 Å². The highest BCUT2D eigenvalue weighted by Gasteiger charge is 2.17. The highest BCUT2D eigenvalue weighted by atomic mass is 16.2. The first-order chi connectivity index (χ1) is 5.99. The summed E-state index contributed by atoms with van der Waals surface area (Å²) < 4.78 is 0. The van der Waals surface area contributed by atoms with Crippen LogP contribution in [-0.2, 0) is 4.79 Å². The number of nitrogens with two attached hydrogens (primary N) is 1. The number of likely N-dealkylation sites (N-methyl/N-ethyl adjacent to an activating group) is 1. The predicted molar refractivity (Wildman–Crippen MR) is 48.7 cm³/mol. The molecule has 0 saturated carbocycles. The molecule has 0 aromatic heterocycles. The monoisotopic (exact) mass is 183 g/mol. The third-order valence-electron chi connectivity index (χ3n) is 1.63. The van der Waals surface area contributed by atoms with Crippen LogP contribution in [0.15, 0.2) is 0 Å². The third-order valence-corrected chi connectivity index (χ3v) is 1.63. The van der Waals surface area contributed by atoms with Gasteiger partial charge in [0.15, 0.2) is 0 Å². The van der Waals surface area contributed by atoms with Gasteiger partial charge >= 0.3 is 6.03 Å². The summed E-state index contributed by atoms with van der Waals surface area (Å²) in [7, 11) is 1.69. The number of urea groups is 1. The minimum absolute atomic E-state index is 0.341. The fourth-order valence-electron chi connectivity index (χ4n) is 0.707. The number of imide groups is 1. The van der Waals surface area contributed by atoms with Gasteiger partial charge < -0.3 is 5.73 Å². The van der Waals surface area contributed by atoms with Crippen molar-refractivity contribution in [2.24, 2.45) is 5.73 Å². The molecular weight excluding hydrogens is 170 g/mol. The lowest BCUT2D eigenvalue weighted by atomic mass is 10.3. The third kappa shape index (κ3) is 4.13. The van der Waals surface area contributed by atoms with Crippen molar-refractivity contribution < 1.29 is 9.59 Å². The Morgan fingerprint density at radius 3 is 2.62 bits per heavy atom. The number of hydrogen-bond donors (Lipinski definition) is 2. The zero-order valence-electron chi connectivity index (χ0n) is 7.70. The van der Waals surface area contributed by atoms with Crippen LogP contribution in [-0.4, -0.2) is 36.5 Å². The quantitative estimate of drug-likeness (QED) is 0.559. The van der Waals surface area contributed by atoms with E-state index in [1.807, 2.05) is 5.32 Å². The Morgan fingerprint density at radius 1 is 1.69 bits per heavy atom. The van der Waals surface area contributed by atoms with Crippen LogP contribution >= 0.6 is 0 Å². The predicted octanol–water partition coefficient (Wildman–Crippen LogP) is -0.865. The lowest BCUT2D eigenvalue weighted by Crippen LogP contribution is -2.47. The van der Waals surface area contributed by atoms with Gasteiger partial charge in [-0.25, -0.2) is 4.79 Å². The summed E-state index contributed by atoms with van der Waals surface area (Å²) in [6.07, 6.45) is 5.05. The van der Waals surface area contributed by atoms with Crippen molar-refractivity contribution in [2.75, 3.05) is 13.6 Å². The largest absolute Gasteiger partial charge is 0.351 e. The van der Waals surface area contributed by atoms with Gasteiger partial charge in [0.05, 0.1) is 12.6 Å². The van der Waals surface area contributed by atoms with Crippen molar-refractivity contribution in [1.29, 1.82) is 0 Å². The molecule has 0 spiro atoms. The smallest absolute Gasteiger partial charge is 0.318 e. The summed E-state index contributed by atoms with van der Waals surface area (Å²) in [5.41, 5.74) is 4.78. The Hall–Kier alpha value is -1.54. The minimum Gasteiger partial charge on any atom is -0.351 e. The van der Waals surface area contributed by atoms with Gasteiger partial charge in [-0.1, -0.05) is 5.92 Å². The number of amides is 3. The van der Waals surface area contributed by atoms with E-state index in [1.54, 1.807) is 18.9 Å². The highest BCUT2D eigenvalue weighted by molar-refractivity contribution is 5.96. The summed E-state index contributed by atoms with van der Waals surface area (Å²) in [5.74, 6) is 1.93. The number of rotatable bonds is 3. The molecule has 3 N–H and O–H groups in total. The minimum atomic E-state index is -0.856. The summed E-state index contributed by atoms with van der Waals surface area (Å²) in [5, 5.41) is 1.97. The number of terminal acetylenes is 1. The molecule has 13 heavy (non-hydrogen) atoms. The standard InChI is InChI=1S/C8H13N3O2/c1-4-5-11(3)6(2)7(12)10-8(9)13/h1,6H,5H2,2-3H3,(H3,9,10,12,13). The number of carbonyl (C=O) groups is 2. The molecule has 0 saturated heterocycles. The number of nitrogens with one attached hydrogen (secondary N) is 1. The van der Waals surface area contributed by atoms with E-state index in [-0.39, 0.29) is 0 Å². The van der Waals surface area contributed by atoms with Gasteiger partial charge in [0.2, 0.25) is 5.91 Å². The summed E-state index contributed by atoms with van der Waals surface area (Å²) in [6.45, 7) is 1.98. The second-order valence-corrected chi connectivity index (χ2v) is 2.65.